The Hall–Kier alpha value is -2.60. The molecule has 0 aliphatic carbocycles. The Labute approximate surface area is 154 Å². The lowest BCUT2D eigenvalue weighted by Gasteiger charge is -2.05. The van der Waals surface area contributed by atoms with E-state index < -0.39 is 17.6 Å². The normalized spacial score (nSPS) is 11.0. The Kier molecular flexibility index (Phi) is 5.42. The molecular weight excluding hydrogens is 356 g/mol. The molecule has 0 fully saturated rings. The summed E-state index contributed by atoms with van der Waals surface area (Å²) in [4.78, 5) is 16.4. The van der Waals surface area contributed by atoms with Crippen LogP contribution in [0.1, 0.15) is 41.4 Å². The summed E-state index contributed by atoms with van der Waals surface area (Å²) in [5, 5.41) is 2.61. The van der Waals surface area contributed by atoms with Crippen LogP contribution in [-0.2, 0) is 11.3 Å². The van der Waals surface area contributed by atoms with Gasteiger partial charge in [-0.15, -0.1) is 11.3 Å². The highest BCUT2D eigenvalue weighted by Gasteiger charge is 2.15. The van der Waals surface area contributed by atoms with Crippen LogP contribution in [0.4, 0.5) is 8.78 Å². The van der Waals surface area contributed by atoms with Gasteiger partial charge in [0.1, 0.15) is 23.2 Å². The lowest BCUT2D eigenvalue weighted by molar-refractivity contribution is 0.0463. The van der Waals surface area contributed by atoms with Crippen LogP contribution in [0.25, 0.3) is 10.6 Å². The van der Waals surface area contributed by atoms with E-state index in [4.69, 9.17) is 4.74 Å². The Morgan fingerprint density at radius 1 is 1.15 bits per heavy atom. The summed E-state index contributed by atoms with van der Waals surface area (Å²) in [5.41, 5.74) is 2.52. The number of benzene rings is 2. The lowest BCUT2D eigenvalue weighted by Crippen LogP contribution is -2.08. The van der Waals surface area contributed by atoms with Gasteiger partial charge in [-0.1, -0.05) is 38.1 Å². The third-order valence-electron chi connectivity index (χ3n) is 3.88. The van der Waals surface area contributed by atoms with Crippen molar-refractivity contribution in [2.45, 2.75) is 26.4 Å². The van der Waals surface area contributed by atoms with E-state index in [0.29, 0.717) is 17.7 Å². The van der Waals surface area contributed by atoms with E-state index in [1.54, 1.807) is 5.38 Å². The van der Waals surface area contributed by atoms with Crippen molar-refractivity contribution in [2.75, 3.05) is 0 Å². The van der Waals surface area contributed by atoms with Crippen molar-refractivity contribution in [1.82, 2.24) is 4.98 Å². The van der Waals surface area contributed by atoms with Crippen molar-refractivity contribution in [1.29, 1.82) is 0 Å². The van der Waals surface area contributed by atoms with E-state index >= 15 is 0 Å². The molecule has 0 saturated heterocycles. The van der Waals surface area contributed by atoms with E-state index in [0.717, 1.165) is 22.7 Å². The Morgan fingerprint density at radius 2 is 1.88 bits per heavy atom. The third kappa shape index (κ3) is 4.14. The third-order valence-corrected chi connectivity index (χ3v) is 4.82. The van der Waals surface area contributed by atoms with Gasteiger partial charge in [-0.3, -0.25) is 0 Å². The van der Waals surface area contributed by atoms with Gasteiger partial charge in [-0.2, -0.15) is 0 Å². The van der Waals surface area contributed by atoms with Crippen molar-refractivity contribution in [3.8, 4) is 10.6 Å². The largest absolute Gasteiger partial charge is 0.455 e. The van der Waals surface area contributed by atoms with Crippen LogP contribution in [0.15, 0.2) is 47.8 Å². The molecule has 3 aromatic rings. The molecule has 0 saturated carbocycles. The predicted octanol–water partition coefficient (Wildman–Crippen LogP) is 5.57. The minimum absolute atomic E-state index is 0.0732. The highest BCUT2D eigenvalue weighted by molar-refractivity contribution is 7.13. The molecule has 6 heteroatoms. The standard InChI is InChI=1S/C20H17F2NO2S/c1-12(2)13-3-5-14(6-4-13)19-23-16(11-26-19)10-25-20(24)17-8-7-15(21)9-18(17)22/h3-9,11-12H,10H2,1-2H3. The maximum absolute atomic E-state index is 13.6. The zero-order valence-corrected chi connectivity index (χ0v) is 15.1. The first kappa shape index (κ1) is 18.2. The topological polar surface area (TPSA) is 39.2 Å². The van der Waals surface area contributed by atoms with Gasteiger partial charge in [0, 0.05) is 17.0 Å². The average molecular weight is 373 g/mol. The minimum atomic E-state index is -0.945. The lowest BCUT2D eigenvalue weighted by atomic mass is 10.0. The maximum Gasteiger partial charge on any atom is 0.341 e. The molecule has 0 aliphatic heterocycles. The summed E-state index contributed by atoms with van der Waals surface area (Å²) in [6, 6.07) is 10.9. The monoisotopic (exact) mass is 373 g/mol. The molecule has 0 N–H and O–H groups in total. The van der Waals surface area contributed by atoms with Gasteiger partial charge in [0.2, 0.25) is 0 Å². The molecule has 134 valence electrons. The summed E-state index contributed by atoms with van der Waals surface area (Å²) in [7, 11) is 0. The Morgan fingerprint density at radius 3 is 2.54 bits per heavy atom. The summed E-state index contributed by atoms with van der Waals surface area (Å²) in [6.45, 7) is 4.19. The number of thiazole rings is 1. The molecule has 2 aromatic carbocycles. The number of hydrogen-bond acceptors (Lipinski definition) is 4. The van der Waals surface area contributed by atoms with E-state index in [-0.39, 0.29) is 12.2 Å². The molecular formula is C20H17F2NO2S. The molecule has 0 bridgehead atoms. The second kappa shape index (κ2) is 7.74. The highest BCUT2D eigenvalue weighted by atomic mass is 32.1. The van der Waals surface area contributed by atoms with Gasteiger partial charge < -0.3 is 4.74 Å². The molecule has 0 spiro atoms. The van der Waals surface area contributed by atoms with Crippen LogP contribution in [0.3, 0.4) is 0 Å². The predicted molar refractivity (Wildman–Crippen MR) is 97.1 cm³/mol. The minimum Gasteiger partial charge on any atom is -0.455 e. The fourth-order valence-electron chi connectivity index (χ4n) is 2.39. The van der Waals surface area contributed by atoms with E-state index in [1.807, 2.05) is 12.1 Å². The average Bonchev–Trinajstić information content (AvgIpc) is 3.09. The van der Waals surface area contributed by atoms with E-state index in [1.165, 1.54) is 16.9 Å². The Bertz CT molecular complexity index is 920. The van der Waals surface area contributed by atoms with Crippen LogP contribution in [-0.4, -0.2) is 11.0 Å². The fourth-order valence-corrected chi connectivity index (χ4v) is 3.20. The van der Waals surface area contributed by atoms with Crippen molar-refractivity contribution in [3.63, 3.8) is 0 Å². The molecule has 0 amide bonds. The molecule has 3 nitrogen and oxygen atoms in total. The fraction of sp³-hybridized carbons (Fsp3) is 0.200. The first-order chi connectivity index (χ1) is 12.4. The molecule has 0 aliphatic rings. The zero-order chi connectivity index (χ0) is 18.7. The van der Waals surface area contributed by atoms with Crippen LogP contribution < -0.4 is 0 Å². The van der Waals surface area contributed by atoms with Gasteiger partial charge in [-0.05, 0) is 23.6 Å². The number of halogens is 2. The Balaban J connectivity index is 1.66. The van der Waals surface area contributed by atoms with Crippen molar-refractivity contribution < 1.29 is 18.3 Å². The van der Waals surface area contributed by atoms with Gasteiger partial charge in [0.25, 0.3) is 0 Å². The molecule has 0 unspecified atom stereocenters. The van der Waals surface area contributed by atoms with Gasteiger partial charge in [0.15, 0.2) is 0 Å². The van der Waals surface area contributed by atoms with Crippen LogP contribution in [0, 0.1) is 11.6 Å². The zero-order valence-electron chi connectivity index (χ0n) is 14.3. The van der Waals surface area contributed by atoms with Gasteiger partial charge >= 0.3 is 5.97 Å². The summed E-state index contributed by atoms with van der Waals surface area (Å²) >= 11 is 1.44. The second-order valence-electron chi connectivity index (χ2n) is 6.12. The van der Waals surface area contributed by atoms with Crippen LogP contribution in [0.2, 0.25) is 0 Å². The number of carbonyl (C=O) groups excluding carboxylic acids is 1. The number of nitrogens with zero attached hydrogens (tertiary/aromatic N) is 1. The summed E-state index contributed by atoms with van der Waals surface area (Å²) < 4.78 is 31.6. The number of ether oxygens (including phenoxy) is 1. The van der Waals surface area contributed by atoms with Gasteiger partial charge in [0.05, 0.1) is 11.3 Å². The first-order valence-electron chi connectivity index (χ1n) is 8.11. The summed E-state index contributed by atoms with van der Waals surface area (Å²) in [6.07, 6.45) is 0. The highest BCUT2D eigenvalue weighted by Crippen LogP contribution is 2.26. The number of aromatic nitrogens is 1. The molecule has 26 heavy (non-hydrogen) atoms. The number of hydrogen-bond donors (Lipinski definition) is 0. The SMILES string of the molecule is CC(C)c1ccc(-c2nc(COC(=O)c3ccc(F)cc3F)cs2)cc1. The van der Waals surface area contributed by atoms with Crippen molar-refractivity contribution in [2.24, 2.45) is 0 Å². The van der Waals surface area contributed by atoms with Crippen LogP contribution >= 0.6 is 11.3 Å². The number of carbonyl (C=O) groups is 1. The van der Waals surface area contributed by atoms with Crippen LogP contribution in [0.5, 0.6) is 0 Å². The molecule has 1 heterocycles. The van der Waals surface area contributed by atoms with Crippen molar-refractivity contribution >= 4 is 17.3 Å². The summed E-state index contributed by atoms with van der Waals surface area (Å²) in [5.74, 6) is -2.08. The number of rotatable bonds is 5. The molecule has 0 radical (unpaired) electrons. The van der Waals surface area contributed by atoms with Crippen molar-refractivity contribution in [3.05, 3.63) is 76.3 Å². The molecule has 3 rings (SSSR count). The van der Waals surface area contributed by atoms with Gasteiger partial charge in [-0.25, -0.2) is 18.6 Å². The maximum atomic E-state index is 13.6. The second-order valence-corrected chi connectivity index (χ2v) is 6.98. The quantitative estimate of drug-likeness (QED) is 0.549. The van der Waals surface area contributed by atoms with E-state index in [9.17, 15) is 13.6 Å². The molecule has 0 atom stereocenters. The first-order valence-corrected chi connectivity index (χ1v) is 8.99. The smallest absolute Gasteiger partial charge is 0.341 e. The van der Waals surface area contributed by atoms with E-state index in [2.05, 4.69) is 31.0 Å². The molecule has 1 aromatic heterocycles. The number of esters is 1.